The minimum atomic E-state index is -0.930. The number of rotatable bonds is 3. The molecule has 0 aliphatic heterocycles. The Morgan fingerprint density at radius 2 is 2.31 bits per heavy atom. The number of nitrogens with zero attached hydrogens (tertiary/aromatic N) is 3. The summed E-state index contributed by atoms with van der Waals surface area (Å²) in [6.07, 6.45) is 1.63. The van der Waals surface area contributed by atoms with Gasteiger partial charge in [-0.15, -0.1) is 5.10 Å². The van der Waals surface area contributed by atoms with Crippen LogP contribution in [-0.2, 0) is 11.3 Å². The van der Waals surface area contributed by atoms with Crippen molar-refractivity contribution in [2.75, 3.05) is 0 Å². The van der Waals surface area contributed by atoms with Crippen LogP contribution in [0.2, 0.25) is 0 Å². The molecule has 0 aliphatic carbocycles. The first-order valence-electron chi connectivity index (χ1n) is 4.84. The van der Waals surface area contributed by atoms with Gasteiger partial charge in [-0.1, -0.05) is 29.0 Å². The number of carboxylic acid groups (broad SMARTS) is 1. The maximum Gasteiger partial charge on any atom is 0.325 e. The summed E-state index contributed by atoms with van der Waals surface area (Å²) in [5.74, 6) is -0.930. The van der Waals surface area contributed by atoms with Crippen molar-refractivity contribution in [1.82, 2.24) is 15.0 Å². The number of aromatic nitrogens is 3. The summed E-state index contributed by atoms with van der Waals surface area (Å²) in [5, 5.41) is 16.3. The van der Waals surface area contributed by atoms with Gasteiger partial charge in [-0.3, -0.25) is 4.79 Å². The molecule has 0 saturated carbocycles. The number of hydrogen-bond acceptors (Lipinski definition) is 3. The Bertz CT molecular complexity index is 519. The van der Waals surface area contributed by atoms with E-state index in [2.05, 4.69) is 10.3 Å². The molecule has 0 unspecified atom stereocenters. The molecule has 1 aromatic carbocycles. The van der Waals surface area contributed by atoms with Gasteiger partial charge in [0.15, 0.2) is 0 Å². The predicted octanol–water partition coefficient (Wildman–Crippen LogP) is 1.34. The van der Waals surface area contributed by atoms with Gasteiger partial charge in [0, 0.05) is 5.56 Å². The second kappa shape index (κ2) is 4.14. The highest BCUT2D eigenvalue weighted by Crippen LogP contribution is 2.16. The van der Waals surface area contributed by atoms with Gasteiger partial charge in [0.25, 0.3) is 0 Å². The molecule has 0 amide bonds. The van der Waals surface area contributed by atoms with Crippen molar-refractivity contribution in [2.45, 2.75) is 13.5 Å². The van der Waals surface area contributed by atoms with Crippen LogP contribution < -0.4 is 0 Å². The van der Waals surface area contributed by atoms with Gasteiger partial charge >= 0.3 is 5.97 Å². The van der Waals surface area contributed by atoms with E-state index in [0.717, 1.165) is 11.1 Å². The maximum absolute atomic E-state index is 10.5. The predicted molar refractivity (Wildman–Crippen MR) is 57.8 cm³/mol. The zero-order chi connectivity index (χ0) is 11.5. The van der Waals surface area contributed by atoms with Crippen LogP contribution in [0.25, 0.3) is 11.3 Å². The summed E-state index contributed by atoms with van der Waals surface area (Å²) >= 11 is 0. The third-order valence-electron chi connectivity index (χ3n) is 2.15. The topological polar surface area (TPSA) is 68.0 Å². The Kier molecular flexibility index (Phi) is 2.68. The summed E-state index contributed by atoms with van der Waals surface area (Å²) in [6, 6.07) is 7.82. The van der Waals surface area contributed by atoms with Crippen molar-refractivity contribution in [3.8, 4) is 11.3 Å². The fourth-order valence-electron chi connectivity index (χ4n) is 1.45. The number of hydrogen-bond donors (Lipinski definition) is 1. The summed E-state index contributed by atoms with van der Waals surface area (Å²) in [5.41, 5.74) is 2.76. The van der Waals surface area contributed by atoms with Gasteiger partial charge < -0.3 is 5.11 Å². The highest BCUT2D eigenvalue weighted by atomic mass is 16.4. The van der Waals surface area contributed by atoms with E-state index in [1.807, 2.05) is 31.2 Å². The molecule has 0 atom stereocenters. The van der Waals surface area contributed by atoms with E-state index in [0.29, 0.717) is 5.69 Å². The number of carboxylic acids is 1. The first-order valence-corrected chi connectivity index (χ1v) is 4.84. The number of aliphatic carboxylic acids is 1. The van der Waals surface area contributed by atoms with Crippen molar-refractivity contribution in [3.05, 3.63) is 36.0 Å². The van der Waals surface area contributed by atoms with Crippen molar-refractivity contribution in [3.63, 3.8) is 0 Å². The van der Waals surface area contributed by atoms with E-state index in [1.54, 1.807) is 6.20 Å². The number of carbonyl (C=O) groups is 1. The van der Waals surface area contributed by atoms with Crippen LogP contribution in [-0.4, -0.2) is 26.1 Å². The quantitative estimate of drug-likeness (QED) is 0.842. The monoisotopic (exact) mass is 217 g/mol. The van der Waals surface area contributed by atoms with Crippen LogP contribution in [0.1, 0.15) is 5.56 Å². The maximum atomic E-state index is 10.5. The van der Waals surface area contributed by atoms with Crippen molar-refractivity contribution < 1.29 is 9.90 Å². The highest BCUT2D eigenvalue weighted by molar-refractivity contribution is 5.66. The van der Waals surface area contributed by atoms with Gasteiger partial charge in [0.05, 0.1) is 6.20 Å². The molecule has 0 spiro atoms. The SMILES string of the molecule is Cc1cccc(-c2cn(CC(=O)O)nn2)c1. The molecule has 0 radical (unpaired) electrons. The standard InChI is InChI=1S/C11H11N3O2/c1-8-3-2-4-9(5-8)10-6-14(13-12-10)7-11(15)16/h2-6H,7H2,1H3,(H,15,16). The molecule has 82 valence electrons. The van der Waals surface area contributed by atoms with Gasteiger partial charge in [-0.25, -0.2) is 4.68 Å². The third-order valence-corrected chi connectivity index (χ3v) is 2.15. The van der Waals surface area contributed by atoms with Crippen molar-refractivity contribution in [1.29, 1.82) is 0 Å². The molecule has 0 aliphatic rings. The van der Waals surface area contributed by atoms with E-state index in [1.165, 1.54) is 4.68 Å². The summed E-state index contributed by atoms with van der Waals surface area (Å²) in [4.78, 5) is 10.5. The minimum Gasteiger partial charge on any atom is -0.480 e. The van der Waals surface area contributed by atoms with Gasteiger partial charge in [-0.2, -0.15) is 0 Å². The van der Waals surface area contributed by atoms with Crippen LogP contribution in [0.5, 0.6) is 0 Å². The molecular weight excluding hydrogens is 206 g/mol. The molecular formula is C11H11N3O2. The molecule has 16 heavy (non-hydrogen) atoms. The van der Waals surface area contributed by atoms with Crippen LogP contribution in [0, 0.1) is 6.92 Å². The smallest absolute Gasteiger partial charge is 0.325 e. The summed E-state index contributed by atoms with van der Waals surface area (Å²) < 4.78 is 1.31. The van der Waals surface area contributed by atoms with Crippen LogP contribution >= 0.6 is 0 Å². The lowest BCUT2D eigenvalue weighted by atomic mass is 10.1. The van der Waals surface area contributed by atoms with Crippen molar-refractivity contribution in [2.24, 2.45) is 0 Å². The van der Waals surface area contributed by atoms with E-state index < -0.39 is 5.97 Å². The van der Waals surface area contributed by atoms with Crippen LogP contribution in [0.15, 0.2) is 30.5 Å². The Morgan fingerprint density at radius 1 is 1.50 bits per heavy atom. The number of aryl methyl sites for hydroxylation is 1. The zero-order valence-electron chi connectivity index (χ0n) is 8.79. The second-order valence-corrected chi connectivity index (χ2v) is 3.56. The van der Waals surface area contributed by atoms with E-state index in [9.17, 15) is 4.79 Å². The van der Waals surface area contributed by atoms with E-state index >= 15 is 0 Å². The van der Waals surface area contributed by atoms with E-state index in [-0.39, 0.29) is 6.54 Å². The van der Waals surface area contributed by atoms with Crippen molar-refractivity contribution >= 4 is 5.97 Å². The van der Waals surface area contributed by atoms with Crippen LogP contribution in [0.4, 0.5) is 0 Å². The lowest BCUT2D eigenvalue weighted by Crippen LogP contribution is -2.08. The first kappa shape index (κ1) is 10.4. The summed E-state index contributed by atoms with van der Waals surface area (Å²) in [7, 11) is 0. The Morgan fingerprint density at radius 3 is 3.00 bits per heavy atom. The molecule has 1 aromatic heterocycles. The molecule has 5 nitrogen and oxygen atoms in total. The number of benzene rings is 1. The Labute approximate surface area is 92.3 Å². The van der Waals surface area contributed by atoms with Crippen LogP contribution in [0.3, 0.4) is 0 Å². The molecule has 0 fully saturated rings. The average Bonchev–Trinajstić information content (AvgIpc) is 2.65. The average molecular weight is 217 g/mol. The lowest BCUT2D eigenvalue weighted by molar-refractivity contribution is -0.137. The van der Waals surface area contributed by atoms with Gasteiger partial charge in [0.1, 0.15) is 12.2 Å². The molecule has 0 saturated heterocycles. The molecule has 5 heteroatoms. The Hall–Kier alpha value is -2.17. The minimum absolute atomic E-state index is 0.168. The molecule has 1 N–H and O–H groups in total. The molecule has 2 aromatic rings. The fraction of sp³-hybridized carbons (Fsp3) is 0.182. The molecule has 0 bridgehead atoms. The highest BCUT2D eigenvalue weighted by Gasteiger charge is 2.05. The van der Waals surface area contributed by atoms with E-state index in [4.69, 9.17) is 5.11 Å². The normalized spacial score (nSPS) is 10.3. The molecule has 2 rings (SSSR count). The summed E-state index contributed by atoms with van der Waals surface area (Å²) in [6.45, 7) is 1.82. The first-order chi connectivity index (χ1) is 7.65. The second-order valence-electron chi connectivity index (χ2n) is 3.56. The lowest BCUT2D eigenvalue weighted by Gasteiger charge is -1.96. The zero-order valence-corrected chi connectivity index (χ0v) is 8.79. The Balaban J connectivity index is 2.28. The molecule has 1 heterocycles. The fourth-order valence-corrected chi connectivity index (χ4v) is 1.45. The van der Waals surface area contributed by atoms with Gasteiger partial charge in [0.2, 0.25) is 0 Å². The largest absolute Gasteiger partial charge is 0.480 e. The van der Waals surface area contributed by atoms with Gasteiger partial charge in [-0.05, 0) is 13.0 Å². The third kappa shape index (κ3) is 2.25.